The molecular weight excluding hydrogens is 398 g/mol. The van der Waals surface area contributed by atoms with E-state index in [-0.39, 0.29) is 0 Å². The molecule has 4 aliphatic rings. The largest absolute Gasteiger partial charge is 0.498 e. The predicted molar refractivity (Wildman–Crippen MR) is 130 cm³/mol. The van der Waals surface area contributed by atoms with Gasteiger partial charge in [-0.2, -0.15) is 0 Å². The van der Waals surface area contributed by atoms with Gasteiger partial charge in [0.1, 0.15) is 0 Å². The van der Waals surface area contributed by atoms with Gasteiger partial charge in [0.15, 0.2) is 0 Å². The number of amides is 1. The van der Waals surface area contributed by atoms with Crippen molar-refractivity contribution >= 4 is 5.91 Å². The maximum absolute atomic E-state index is 12.8. The van der Waals surface area contributed by atoms with Crippen LogP contribution in [0, 0.1) is 5.92 Å². The molecule has 0 spiro atoms. The van der Waals surface area contributed by atoms with Crippen molar-refractivity contribution in [3.8, 4) is 0 Å². The maximum atomic E-state index is 12.8. The van der Waals surface area contributed by atoms with Gasteiger partial charge in [0.2, 0.25) is 5.91 Å². The second kappa shape index (κ2) is 12.6. The van der Waals surface area contributed by atoms with Crippen molar-refractivity contribution in [3.63, 3.8) is 0 Å². The first kappa shape index (κ1) is 23.6. The molecule has 0 bridgehead atoms. The Morgan fingerprint density at radius 2 is 1.69 bits per heavy atom. The fourth-order valence-electron chi connectivity index (χ4n) is 5.58. The molecule has 1 saturated carbocycles. The molecule has 2 aliphatic carbocycles. The number of nitrogens with zero attached hydrogens (tertiary/aromatic N) is 3. The number of carbonyl (C=O) groups is 1. The Bertz CT molecular complexity index is 687. The van der Waals surface area contributed by atoms with Crippen LogP contribution in [0.2, 0.25) is 0 Å². The first-order valence-corrected chi connectivity index (χ1v) is 13.2. The molecule has 5 heteroatoms. The minimum Gasteiger partial charge on any atom is -0.498 e. The summed E-state index contributed by atoms with van der Waals surface area (Å²) >= 11 is 0. The topological polar surface area (TPSA) is 36.0 Å². The summed E-state index contributed by atoms with van der Waals surface area (Å²) in [6, 6.07) is 0. The van der Waals surface area contributed by atoms with Crippen LogP contribution in [-0.2, 0) is 9.53 Å². The molecule has 32 heavy (non-hydrogen) atoms. The molecule has 5 nitrogen and oxygen atoms in total. The summed E-state index contributed by atoms with van der Waals surface area (Å²) in [5, 5.41) is 0. The Morgan fingerprint density at radius 3 is 2.53 bits per heavy atom. The van der Waals surface area contributed by atoms with Crippen molar-refractivity contribution < 1.29 is 9.53 Å². The van der Waals surface area contributed by atoms with Crippen LogP contribution < -0.4 is 0 Å². The Balaban J connectivity index is 1.18. The van der Waals surface area contributed by atoms with E-state index in [9.17, 15) is 4.79 Å². The molecule has 2 aliphatic heterocycles. The second-order valence-electron chi connectivity index (χ2n) is 10.0. The zero-order valence-electron chi connectivity index (χ0n) is 20.0. The van der Waals surface area contributed by atoms with E-state index in [0.29, 0.717) is 11.8 Å². The van der Waals surface area contributed by atoms with E-state index in [1.54, 1.807) is 0 Å². The summed E-state index contributed by atoms with van der Waals surface area (Å²) < 4.78 is 6.08. The SMILES string of the molecule is O=C(C1CCCC1)N1CCCN(CC2=CC=C(OCCCN3CCCCC3)CC=C2)CC1. The fourth-order valence-corrected chi connectivity index (χ4v) is 5.58. The van der Waals surface area contributed by atoms with Crippen LogP contribution in [0.25, 0.3) is 0 Å². The number of ether oxygens (including phenoxy) is 1. The van der Waals surface area contributed by atoms with E-state index in [2.05, 4.69) is 39.0 Å². The van der Waals surface area contributed by atoms with E-state index in [1.165, 1.54) is 57.3 Å². The molecule has 0 aromatic rings. The summed E-state index contributed by atoms with van der Waals surface area (Å²) in [4.78, 5) is 20.0. The normalized spacial score (nSPS) is 24.1. The van der Waals surface area contributed by atoms with Gasteiger partial charge in [0, 0.05) is 51.6 Å². The number of carbonyl (C=O) groups excluding carboxylic acids is 1. The van der Waals surface area contributed by atoms with Crippen LogP contribution in [-0.4, -0.2) is 79.6 Å². The summed E-state index contributed by atoms with van der Waals surface area (Å²) in [6.45, 7) is 9.33. The summed E-state index contributed by atoms with van der Waals surface area (Å²) in [6.07, 6.45) is 20.8. The van der Waals surface area contributed by atoms with Gasteiger partial charge in [-0.05, 0) is 63.3 Å². The van der Waals surface area contributed by atoms with Crippen LogP contribution >= 0.6 is 0 Å². The van der Waals surface area contributed by atoms with Crippen molar-refractivity contribution in [2.24, 2.45) is 5.92 Å². The van der Waals surface area contributed by atoms with Gasteiger partial charge in [-0.3, -0.25) is 9.69 Å². The molecule has 0 aromatic carbocycles. The number of hydrogen-bond donors (Lipinski definition) is 0. The van der Waals surface area contributed by atoms with E-state index in [4.69, 9.17) is 4.74 Å². The molecule has 0 radical (unpaired) electrons. The number of allylic oxidation sites excluding steroid dienone is 3. The Kier molecular flexibility index (Phi) is 9.28. The van der Waals surface area contributed by atoms with Gasteiger partial charge < -0.3 is 14.5 Å². The van der Waals surface area contributed by atoms with Crippen molar-refractivity contribution in [3.05, 3.63) is 35.6 Å². The first-order chi connectivity index (χ1) is 15.8. The van der Waals surface area contributed by atoms with Crippen LogP contribution in [0.4, 0.5) is 0 Å². The van der Waals surface area contributed by atoms with Gasteiger partial charge in [0.25, 0.3) is 0 Å². The van der Waals surface area contributed by atoms with Gasteiger partial charge in [0.05, 0.1) is 12.4 Å². The molecule has 2 saturated heterocycles. The average Bonchev–Trinajstić information content (AvgIpc) is 3.14. The van der Waals surface area contributed by atoms with Crippen LogP contribution in [0.3, 0.4) is 0 Å². The first-order valence-electron chi connectivity index (χ1n) is 13.2. The Labute approximate surface area is 195 Å². The number of piperidine rings is 1. The molecule has 3 fully saturated rings. The molecule has 0 unspecified atom stereocenters. The zero-order valence-corrected chi connectivity index (χ0v) is 20.0. The van der Waals surface area contributed by atoms with Gasteiger partial charge in [-0.1, -0.05) is 37.5 Å². The van der Waals surface area contributed by atoms with Gasteiger partial charge >= 0.3 is 0 Å². The smallest absolute Gasteiger partial charge is 0.225 e. The van der Waals surface area contributed by atoms with Crippen molar-refractivity contribution in [1.29, 1.82) is 0 Å². The highest BCUT2D eigenvalue weighted by Gasteiger charge is 2.28. The van der Waals surface area contributed by atoms with E-state index >= 15 is 0 Å². The van der Waals surface area contributed by atoms with E-state index in [0.717, 1.165) is 77.2 Å². The monoisotopic (exact) mass is 441 g/mol. The highest BCUT2D eigenvalue weighted by molar-refractivity contribution is 5.79. The highest BCUT2D eigenvalue weighted by Crippen LogP contribution is 2.27. The molecule has 4 rings (SSSR count). The quantitative estimate of drug-likeness (QED) is 0.524. The maximum Gasteiger partial charge on any atom is 0.225 e. The fraction of sp³-hybridized carbons (Fsp3) is 0.741. The summed E-state index contributed by atoms with van der Waals surface area (Å²) in [5.41, 5.74) is 1.34. The summed E-state index contributed by atoms with van der Waals surface area (Å²) in [7, 11) is 0. The Hall–Kier alpha value is -1.59. The average molecular weight is 442 g/mol. The third-order valence-electron chi connectivity index (χ3n) is 7.50. The van der Waals surface area contributed by atoms with E-state index < -0.39 is 0 Å². The zero-order chi connectivity index (χ0) is 22.0. The van der Waals surface area contributed by atoms with Crippen LogP contribution in [0.1, 0.15) is 64.2 Å². The third kappa shape index (κ3) is 7.21. The lowest BCUT2D eigenvalue weighted by molar-refractivity contribution is -0.135. The number of likely N-dealkylation sites (tertiary alicyclic amines) is 1. The lowest BCUT2D eigenvalue weighted by Crippen LogP contribution is -2.38. The van der Waals surface area contributed by atoms with Gasteiger partial charge in [-0.25, -0.2) is 0 Å². The molecular formula is C27H43N3O2. The molecule has 2 heterocycles. The van der Waals surface area contributed by atoms with Crippen molar-refractivity contribution in [2.45, 2.75) is 64.2 Å². The van der Waals surface area contributed by atoms with Gasteiger partial charge in [-0.15, -0.1) is 0 Å². The molecule has 0 N–H and O–H groups in total. The molecule has 0 aromatic heterocycles. The van der Waals surface area contributed by atoms with Crippen LogP contribution in [0.5, 0.6) is 0 Å². The Morgan fingerprint density at radius 1 is 0.875 bits per heavy atom. The minimum absolute atomic E-state index is 0.303. The van der Waals surface area contributed by atoms with Crippen molar-refractivity contribution in [2.75, 3.05) is 59.0 Å². The number of hydrogen-bond acceptors (Lipinski definition) is 4. The second-order valence-corrected chi connectivity index (χ2v) is 10.0. The summed E-state index contributed by atoms with van der Waals surface area (Å²) in [5.74, 6) is 1.81. The molecule has 1 amide bonds. The highest BCUT2D eigenvalue weighted by atomic mass is 16.5. The molecule has 178 valence electrons. The van der Waals surface area contributed by atoms with E-state index in [1.807, 2.05) is 0 Å². The molecule has 0 atom stereocenters. The van der Waals surface area contributed by atoms with Crippen molar-refractivity contribution in [1.82, 2.24) is 14.7 Å². The lowest BCUT2D eigenvalue weighted by atomic mass is 10.1. The lowest BCUT2D eigenvalue weighted by Gasteiger charge is -2.26. The van der Waals surface area contributed by atoms with Crippen LogP contribution in [0.15, 0.2) is 35.6 Å². The standard InChI is InChI=1S/C27H43N3O2/c31-27(25-10-2-3-11-25)30-19-7-17-29(20-21-30)23-24-9-6-12-26(14-13-24)32-22-8-18-28-15-4-1-5-16-28/h6,9,13-14,25H,1-5,7-8,10-12,15-23H2. The third-order valence-corrected chi connectivity index (χ3v) is 7.50. The minimum atomic E-state index is 0.303. The predicted octanol–water partition coefficient (Wildman–Crippen LogP) is 4.37. The number of rotatable bonds is 8.